The zero-order chi connectivity index (χ0) is 7.56. The Labute approximate surface area is 68.8 Å². The van der Waals surface area contributed by atoms with E-state index in [0.717, 1.165) is 15.9 Å². The van der Waals surface area contributed by atoms with Crippen molar-refractivity contribution in [3.05, 3.63) is 22.4 Å². The van der Waals surface area contributed by atoms with Gasteiger partial charge in [-0.1, -0.05) is 0 Å². The van der Waals surface area contributed by atoms with E-state index in [4.69, 9.17) is 0 Å². The lowest BCUT2D eigenvalue weighted by Crippen LogP contribution is -1.92. The second-order valence-electron chi connectivity index (χ2n) is 2.07. The first-order valence-electron chi connectivity index (χ1n) is 3.04. The molecule has 1 rings (SSSR count). The summed E-state index contributed by atoms with van der Waals surface area (Å²) in [5.41, 5.74) is 2.27. The predicted octanol–water partition coefficient (Wildman–Crippen LogP) is 2.19. The summed E-state index contributed by atoms with van der Waals surface area (Å²) in [5.74, 6) is 0. The van der Waals surface area contributed by atoms with Crippen molar-refractivity contribution in [2.45, 2.75) is 6.92 Å². The van der Waals surface area contributed by atoms with E-state index in [1.54, 1.807) is 0 Å². The van der Waals surface area contributed by atoms with Crippen LogP contribution < -0.4 is 5.32 Å². The van der Waals surface area contributed by atoms with Crippen molar-refractivity contribution in [3.63, 3.8) is 0 Å². The number of nitrogens with zero attached hydrogens (tertiary/aromatic N) is 1. The smallest absolute Gasteiger partial charge is 0.108 e. The fraction of sp³-hybridized carbons (Fsp3) is 0.286. The summed E-state index contributed by atoms with van der Waals surface area (Å²) in [5, 5.41) is 3.07. The van der Waals surface area contributed by atoms with Gasteiger partial charge in [-0.05, 0) is 34.5 Å². The minimum Gasteiger partial charge on any atom is -0.388 e. The third-order valence-electron chi connectivity index (χ3n) is 1.34. The van der Waals surface area contributed by atoms with Gasteiger partial charge < -0.3 is 5.32 Å². The quantitative estimate of drug-likeness (QED) is 0.704. The average molecular weight is 201 g/mol. The lowest BCUT2D eigenvalue weighted by Gasteiger charge is -2.02. The number of nitrogens with one attached hydrogen (secondary N) is 1. The van der Waals surface area contributed by atoms with Gasteiger partial charge in [-0.25, -0.2) is 4.98 Å². The Kier molecular flexibility index (Phi) is 2.27. The summed E-state index contributed by atoms with van der Waals surface area (Å²) in [6, 6.07) is 1.95. The molecule has 1 aromatic heterocycles. The summed E-state index contributed by atoms with van der Waals surface area (Å²) in [6.45, 7) is 2.02. The van der Waals surface area contributed by atoms with Gasteiger partial charge in [0.2, 0.25) is 0 Å². The molecule has 0 radical (unpaired) electrons. The van der Waals surface area contributed by atoms with E-state index in [1.165, 1.54) is 0 Å². The summed E-state index contributed by atoms with van der Waals surface area (Å²) >= 11 is 3.29. The van der Waals surface area contributed by atoms with Crippen molar-refractivity contribution in [1.82, 2.24) is 4.98 Å². The van der Waals surface area contributed by atoms with Crippen LogP contribution in [-0.4, -0.2) is 12.0 Å². The Morgan fingerprint density at radius 1 is 1.60 bits per heavy atom. The molecule has 2 nitrogen and oxygen atoms in total. The topological polar surface area (TPSA) is 24.9 Å². The van der Waals surface area contributed by atoms with Crippen molar-refractivity contribution in [1.29, 1.82) is 0 Å². The van der Waals surface area contributed by atoms with Crippen molar-refractivity contribution in [2.24, 2.45) is 0 Å². The van der Waals surface area contributed by atoms with Crippen molar-refractivity contribution < 1.29 is 0 Å². The van der Waals surface area contributed by atoms with Gasteiger partial charge in [0, 0.05) is 18.9 Å². The molecule has 0 unspecified atom stereocenters. The molecule has 0 saturated heterocycles. The van der Waals surface area contributed by atoms with Crippen LogP contribution in [0.15, 0.2) is 16.9 Å². The maximum atomic E-state index is 4.06. The summed E-state index contributed by atoms with van der Waals surface area (Å²) in [4.78, 5) is 4.06. The van der Waals surface area contributed by atoms with Crippen molar-refractivity contribution in [3.8, 4) is 0 Å². The van der Waals surface area contributed by atoms with Crippen LogP contribution in [0.5, 0.6) is 0 Å². The molecule has 0 aliphatic heterocycles. The zero-order valence-electron chi connectivity index (χ0n) is 5.98. The Balaban J connectivity index is 3.09. The first kappa shape index (κ1) is 7.54. The van der Waals surface area contributed by atoms with E-state index < -0.39 is 0 Å². The van der Waals surface area contributed by atoms with Gasteiger partial charge in [-0.15, -0.1) is 0 Å². The molecule has 0 aliphatic rings. The molecule has 3 heteroatoms. The number of aryl methyl sites for hydroxylation is 1. The van der Waals surface area contributed by atoms with E-state index in [1.807, 2.05) is 26.2 Å². The van der Waals surface area contributed by atoms with Gasteiger partial charge in [0.05, 0.1) is 0 Å². The van der Waals surface area contributed by atoms with Crippen molar-refractivity contribution >= 4 is 21.6 Å². The minimum atomic E-state index is 0.863. The Morgan fingerprint density at radius 3 is 2.80 bits per heavy atom. The number of aromatic nitrogens is 1. The molecule has 0 aromatic carbocycles. The normalized spacial score (nSPS) is 9.50. The fourth-order valence-electron chi connectivity index (χ4n) is 0.768. The maximum absolute atomic E-state index is 4.06. The molecule has 10 heavy (non-hydrogen) atoms. The average Bonchev–Trinajstić information content (AvgIpc) is 1.94. The van der Waals surface area contributed by atoms with Gasteiger partial charge in [-0.2, -0.15) is 0 Å². The molecule has 0 bridgehead atoms. The monoisotopic (exact) mass is 200 g/mol. The first-order chi connectivity index (χ1) is 4.74. The van der Waals surface area contributed by atoms with Crippen LogP contribution >= 0.6 is 15.9 Å². The highest BCUT2D eigenvalue weighted by atomic mass is 79.9. The number of hydrogen-bond acceptors (Lipinski definition) is 2. The van der Waals surface area contributed by atoms with E-state index in [-0.39, 0.29) is 0 Å². The molecule has 1 aromatic rings. The predicted molar refractivity (Wildman–Crippen MR) is 46.2 cm³/mol. The molecule has 1 N–H and O–H groups in total. The summed E-state index contributed by atoms with van der Waals surface area (Å²) < 4.78 is 0.863. The zero-order valence-corrected chi connectivity index (χ0v) is 7.57. The molecule has 0 aliphatic carbocycles. The molecular formula is C7H9BrN2. The van der Waals surface area contributed by atoms with Crippen LogP contribution in [0.1, 0.15) is 5.56 Å². The van der Waals surface area contributed by atoms with Crippen LogP contribution in [0.2, 0.25) is 0 Å². The van der Waals surface area contributed by atoms with E-state index in [0.29, 0.717) is 0 Å². The van der Waals surface area contributed by atoms with E-state index in [2.05, 4.69) is 26.2 Å². The molecular weight excluding hydrogens is 192 g/mol. The third-order valence-corrected chi connectivity index (χ3v) is 1.77. The van der Waals surface area contributed by atoms with Crippen LogP contribution in [0.25, 0.3) is 0 Å². The molecule has 54 valence electrons. The fourth-order valence-corrected chi connectivity index (χ4v) is 1.10. The molecule has 0 saturated carbocycles. The number of pyridine rings is 1. The molecule has 0 atom stereocenters. The SMILES string of the molecule is CNc1cc(Br)ncc1C. The molecule has 0 amide bonds. The number of halogens is 1. The lowest BCUT2D eigenvalue weighted by atomic mass is 10.3. The van der Waals surface area contributed by atoms with Gasteiger partial charge in [-0.3, -0.25) is 0 Å². The minimum absolute atomic E-state index is 0.863. The molecule has 0 spiro atoms. The number of rotatable bonds is 1. The molecule has 1 heterocycles. The van der Waals surface area contributed by atoms with Crippen molar-refractivity contribution in [2.75, 3.05) is 12.4 Å². The Morgan fingerprint density at radius 2 is 2.30 bits per heavy atom. The Bertz CT molecular complexity index is 235. The highest BCUT2D eigenvalue weighted by Gasteiger charge is 1.95. The van der Waals surface area contributed by atoms with Gasteiger partial charge in [0.1, 0.15) is 4.60 Å². The largest absolute Gasteiger partial charge is 0.388 e. The van der Waals surface area contributed by atoms with Gasteiger partial charge >= 0.3 is 0 Å². The molecule has 0 fully saturated rings. The third kappa shape index (κ3) is 1.48. The second-order valence-corrected chi connectivity index (χ2v) is 2.88. The summed E-state index contributed by atoms with van der Waals surface area (Å²) in [7, 11) is 1.90. The summed E-state index contributed by atoms with van der Waals surface area (Å²) in [6.07, 6.45) is 1.83. The second kappa shape index (κ2) is 3.01. The van der Waals surface area contributed by atoms with E-state index >= 15 is 0 Å². The van der Waals surface area contributed by atoms with Gasteiger partial charge in [0.15, 0.2) is 0 Å². The van der Waals surface area contributed by atoms with E-state index in [9.17, 15) is 0 Å². The van der Waals surface area contributed by atoms with Crippen LogP contribution in [-0.2, 0) is 0 Å². The number of anilines is 1. The number of hydrogen-bond donors (Lipinski definition) is 1. The highest BCUT2D eigenvalue weighted by Crippen LogP contribution is 2.16. The van der Waals surface area contributed by atoms with Crippen LogP contribution in [0.3, 0.4) is 0 Å². The first-order valence-corrected chi connectivity index (χ1v) is 3.83. The highest BCUT2D eigenvalue weighted by molar-refractivity contribution is 9.10. The maximum Gasteiger partial charge on any atom is 0.108 e. The lowest BCUT2D eigenvalue weighted by molar-refractivity contribution is 1.22. The Hall–Kier alpha value is -0.570. The van der Waals surface area contributed by atoms with Crippen LogP contribution in [0.4, 0.5) is 5.69 Å². The van der Waals surface area contributed by atoms with Gasteiger partial charge in [0.25, 0.3) is 0 Å². The van der Waals surface area contributed by atoms with Crippen LogP contribution in [0, 0.1) is 6.92 Å². The standard InChI is InChI=1S/C7H9BrN2/c1-5-4-10-7(8)3-6(5)9-2/h3-4H,1-2H3,(H,9,10).